The Morgan fingerprint density at radius 3 is 2.41 bits per heavy atom. The number of nitrogens with zero attached hydrogens (tertiary/aromatic N) is 1. The summed E-state index contributed by atoms with van der Waals surface area (Å²) in [6.45, 7) is -0.812. The van der Waals surface area contributed by atoms with E-state index in [4.69, 9.17) is 21.8 Å². The average Bonchev–Trinajstić information content (AvgIpc) is 2.26. The monoisotopic (exact) mass is 271 g/mol. The van der Waals surface area contributed by atoms with Crippen LogP contribution >= 0.6 is 11.6 Å². The molecule has 3 N–H and O–H groups in total. The number of alkyl halides is 3. The van der Waals surface area contributed by atoms with Crippen molar-refractivity contribution in [1.29, 1.82) is 0 Å². The topological polar surface area (TPSA) is 73.6 Å². The number of aliphatic hydroxyl groups is 3. The van der Waals surface area contributed by atoms with E-state index in [9.17, 15) is 18.3 Å². The molecule has 1 aromatic heterocycles. The molecule has 0 saturated heterocycles. The van der Waals surface area contributed by atoms with Gasteiger partial charge in [0, 0.05) is 11.8 Å². The van der Waals surface area contributed by atoms with Crippen LogP contribution in [-0.4, -0.2) is 33.0 Å². The molecule has 0 amide bonds. The van der Waals surface area contributed by atoms with Crippen molar-refractivity contribution in [3.63, 3.8) is 0 Å². The molecule has 1 heterocycles. The second-order valence-corrected chi connectivity index (χ2v) is 3.65. The van der Waals surface area contributed by atoms with Crippen molar-refractivity contribution in [3.8, 4) is 0 Å². The van der Waals surface area contributed by atoms with Gasteiger partial charge in [0.25, 0.3) is 0 Å². The maximum absolute atomic E-state index is 12.4. The van der Waals surface area contributed by atoms with Crippen LogP contribution in [-0.2, 0) is 6.18 Å². The van der Waals surface area contributed by atoms with E-state index in [1.807, 2.05) is 0 Å². The van der Waals surface area contributed by atoms with Crippen molar-refractivity contribution < 1.29 is 28.5 Å². The number of hydrogen-bond donors (Lipinski definition) is 3. The lowest BCUT2D eigenvalue weighted by atomic mass is 10.1. The molecule has 96 valence electrons. The van der Waals surface area contributed by atoms with E-state index in [1.165, 1.54) is 0 Å². The van der Waals surface area contributed by atoms with Gasteiger partial charge in [0.2, 0.25) is 0 Å². The van der Waals surface area contributed by atoms with E-state index in [2.05, 4.69) is 4.98 Å². The zero-order chi connectivity index (χ0) is 13.2. The molecule has 0 aromatic carbocycles. The molecule has 0 saturated carbocycles. The summed E-state index contributed by atoms with van der Waals surface area (Å²) in [5, 5.41) is 26.8. The Bertz CT molecular complexity index is 400. The van der Waals surface area contributed by atoms with Crippen LogP contribution in [0.1, 0.15) is 17.2 Å². The first-order chi connectivity index (χ1) is 7.77. The smallest absolute Gasteiger partial charge is 0.394 e. The van der Waals surface area contributed by atoms with Gasteiger partial charge < -0.3 is 15.3 Å². The van der Waals surface area contributed by atoms with E-state index in [0.717, 1.165) is 0 Å². The summed E-state index contributed by atoms with van der Waals surface area (Å²) in [7, 11) is 0. The fourth-order valence-electron chi connectivity index (χ4n) is 1.13. The van der Waals surface area contributed by atoms with E-state index < -0.39 is 30.6 Å². The van der Waals surface area contributed by atoms with Gasteiger partial charge in [-0.2, -0.15) is 13.2 Å². The highest BCUT2D eigenvalue weighted by atomic mass is 35.5. The average molecular weight is 272 g/mol. The van der Waals surface area contributed by atoms with Gasteiger partial charge in [0.15, 0.2) is 0 Å². The molecule has 1 aromatic rings. The van der Waals surface area contributed by atoms with Gasteiger partial charge in [-0.05, 0) is 6.07 Å². The van der Waals surface area contributed by atoms with Gasteiger partial charge in [-0.3, -0.25) is 0 Å². The molecule has 0 aliphatic heterocycles. The summed E-state index contributed by atoms with van der Waals surface area (Å²) >= 11 is 5.51. The molecule has 17 heavy (non-hydrogen) atoms. The third kappa shape index (κ3) is 3.29. The van der Waals surface area contributed by atoms with Gasteiger partial charge in [0.1, 0.15) is 17.4 Å². The Kier molecular flexibility index (Phi) is 4.31. The molecule has 4 nitrogen and oxygen atoms in total. The van der Waals surface area contributed by atoms with E-state index in [0.29, 0.717) is 12.3 Å². The second kappa shape index (κ2) is 5.18. The molecule has 8 heteroatoms. The molecule has 1 rings (SSSR count). The molecule has 0 aliphatic carbocycles. The van der Waals surface area contributed by atoms with Crippen LogP contribution in [0.3, 0.4) is 0 Å². The highest BCUT2D eigenvalue weighted by molar-refractivity contribution is 6.30. The number of aliphatic hydroxyl groups excluding tert-OH is 3. The number of halogens is 4. The molecule has 0 fully saturated rings. The van der Waals surface area contributed by atoms with Crippen molar-refractivity contribution in [1.82, 2.24) is 4.98 Å². The third-order valence-electron chi connectivity index (χ3n) is 2.06. The van der Waals surface area contributed by atoms with Crippen molar-refractivity contribution in [2.24, 2.45) is 0 Å². The van der Waals surface area contributed by atoms with Crippen LogP contribution in [0.4, 0.5) is 13.2 Å². The molecule has 2 atom stereocenters. The summed E-state index contributed by atoms with van der Waals surface area (Å²) in [5.41, 5.74) is -1.48. The third-order valence-corrected chi connectivity index (χ3v) is 2.38. The molecular weight excluding hydrogens is 263 g/mol. The first-order valence-corrected chi connectivity index (χ1v) is 4.84. The Hall–Kier alpha value is -0.890. The Morgan fingerprint density at radius 1 is 1.35 bits per heavy atom. The quantitative estimate of drug-likeness (QED) is 0.721. The summed E-state index contributed by atoms with van der Waals surface area (Å²) in [4.78, 5) is 3.28. The maximum atomic E-state index is 12.4. The minimum atomic E-state index is -4.63. The first-order valence-electron chi connectivity index (χ1n) is 4.47. The SMILES string of the molecule is OCC(O)C(O)c1cc(C(F)(F)F)cnc1Cl. The maximum Gasteiger partial charge on any atom is 0.417 e. The minimum absolute atomic E-state index is 0.363. The summed E-state index contributed by atoms with van der Waals surface area (Å²) < 4.78 is 37.1. The molecule has 0 aliphatic rings. The van der Waals surface area contributed by atoms with Crippen LogP contribution in [0.2, 0.25) is 5.15 Å². The Morgan fingerprint density at radius 2 is 1.94 bits per heavy atom. The van der Waals surface area contributed by atoms with Crippen molar-refractivity contribution in [2.75, 3.05) is 6.61 Å². The predicted molar refractivity (Wildman–Crippen MR) is 52.3 cm³/mol. The number of rotatable bonds is 3. The normalized spacial score (nSPS) is 15.7. The van der Waals surface area contributed by atoms with E-state index >= 15 is 0 Å². The Labute approximate surface area is 99.3 Å². The van der Waals surface area contributed by atoms with Crippen LogP contribution in [0.15, 0.2) is 12.3 Å². The van der Waals surface area contributed by atoms with Gasteiger partial charge in [-0.1, -0.05) is 11.6 Å². The fraction of sp³-hybridized carbons (Fsp3) is 0.444. The lowest BCUT2D eigenvalue weighted by Crippen LogP contribution is -2.23. The van der Waals surface area contributed by atoms with Crippen LogP contribution in [0.5, 0.6) is 0 Å². The van der Waals surface area contributed by atoms with Gasteiger partial charge in [-0.15, -0.1) is 0 Å². The van der Waals surface area contributed by atoms with Crippen LogP contribution in [0.25, 0.3) is 0 Å². The number of pyridine rings is 1. The Balaban J connectivity index is 3.15. The zero-order valence-electron chi connectivity index (χ0n) is 8.32. The first kappa shape index (κ1) is 14.2. The van der Waals surface area contributed by atoms with Crippen molar-refractivity contribution in [2.45, 2.75) is 18.4 Å². The van der Waals surface area contributed by atoms with Crippen LogP contribution in [0, 0.1) is 0 Å². The molecule has 0 bridgehead atoms. The largest absolute Gasteiger partial charge is 0.417 e. The zero-order valence-corrected chi connectivity index (χ0v) is 9.07. The van der Waals surface area contributed by atoms with E-state index in [-0.39, 0.29) is 10.7 Å². The fourth-order valence-corrected chi connectivity index (χ4v) is 1.35. The molecular formula is C9H9ClF3NO3. The van der Waals surface area contributed by atoms with Crippen LogP contribution < -0.4 is 0 Å². The predicted octanol–water partition coefficient (Wildman–Crippen LogP) is 1.14. The lowest BCUT2D eigenvalue weighted by molar-refractivity contribution is -0.138. The van der Waals surface area contributed by atoms with Gasteiger partial charge >= 0.3 is 6.18 Å². The van der Waals surface area contributed by atoms with Gasteiger partial charge in [0.05, 0.1) is 12.2 Å². The highest BCUT2D eigenvalue weighted by Crippen LogP contribution is 2.33. The molecule has 0 radical (unpaired) electrons. The molecule has 0 spiro atoms. The van der Waals surface area contributed by atoms with Crippen molar-refractivity contribution in [3.05, 3.63) is 28.5 Å². The standard InChI is InChI=1S/C9H9ClF3NO3/c10-8-5(7(17)6(16)3-15)1-4(2-14-8)9(11,12)13/h1-2,6-7,15-17H,3H2. The molecule has 2 unspecified atom stereocenters. The lowest BCUT2D eigenvalue weighted by Gasteiger charge is -2.18. The summed E-state index contributed by atoms with van der Waals surface area (Å²) in [6.07, 6.45) is -7.47. The second-order valence-electron chi connectivity index (χ2n) is 3.30. The summed E-state index contributed by atoms with van der Waals surface area (Å²) in [6, 6.07) is 0.582. The number of hydrogen-bond acceptors (Lipinski definition) is 4. The minimum Gasteiger partial charge on any atom is -0.394 e. The highest BCUT2D eigenvalue weighted by Gasteiger charge is 2.33. The van der Waals surface area contributed by atoms with E-state index in [1.54, 1.807) is 0 Å². The number of aromatic nitrogens is 1. The van der Waals surface area contributed by atoms with Crippen molar-refractivity contribution >= 4 is 11.6 Å². The van der Waals surface area contributed by atoms with Gasteiger partial charge in [-0.25, -0.2) is 4.98 Å². The summed E-state index contributed by atoms with van der Waals surface area (Å²) in [5.74, 6) is 0.